The first kappa shape index (κ1) is 16.9. The molecule has 1 aromatic heterocycles. The predicted octanol–water partition coefficient (Wildman–Crippen LogP) is 5.50. The molecule has 0 spiro atoms. The topological polar surface area (TPSA) is 27.1 Å². The Labute approximate surface area is 148 Å². The Morgan fingerprint density at radius 1 is 1.22 bits per heavy atom. The Morgan fingerprint density at radius 2 is 1.91 bits per heavy atom. The number of halogens is 1. The third-order valence-electron chi connectivity index (χ3n) is 4.12. The first-order valence-corrected chi connectivity index (χ1v) is 12.8. The van der Waals surface area contributed by atoms with Crippen molar-refractivity contribution in [1.82, 2.24) is 9.55 Å². The Kier molecular flexibility index (Phi) is 5.09. The smallest absolute Gasteiger partial charge is 0.142 e. The lowest BCUT2D eigenvalue weighted by Crippen LogP contribution is -2.22. The van der Waals surface area contributed by atoms with Crippen LogP contribution in [0.5, 0.6) is 0 Å². The monoisotopic (exact) mass is 392 g/mol. The molecule has 23 heavy (non-hydrogen) atoms. The second-order valence-corrected chi connectivity index (χ2v) is 14.1. The van der Waals surface area contributed by atoms with Gasteiger partial charge in [0.25, 0.3) is 0 Å². The van der Waals surface area contributed by atoms with Gasteiger partial charge in [0.1, 0.15) is 12.6 Å². The minimum absolute atomic E-state index is 0.593. The number of hydrogen-bond acceptors (Lipinski definition) is 2. The molecule has 0 aliphatic heterocycles. The molecule has 1 heterocycles. The third-order valence-corrected chi connectivity index (χ3v) is 6.35. The summed E-state index contributed by atoms with van der Waals surface area (Å²) in [5.74, 6) is 1.68. The molecule has 1 fully saturated rings. The highest BCUT2D eigenvalue weighted by Crippen LogP contribution is 2.40. The number of benzene rings is 1. The normalized spacial score (nSPS) is 15.1. The summed E-state index contributed by atoms with van der Waals surface area (Å²) in [6.45, 7) is 8.58. The van der Waals surface area contributed by atoms with E-state index in [1.807, 2.05) is 0 Å². The molecule has 1 aliphatic carbocycles. The zero-order valence-electron chi connectivity index (χ0n) is 14.2. The molecule has 124 valence electrons. The van der Waals surface area contributed by atoms with Gasteiger partial charge in [0.05, 0.1) is 5.69 Å². The van der Waals surface area contributed by atoms with Crippen LogP contribution in [0.15, 0.2) is 34.9 Å². The first-order valence-electron chi connectivity index (χ1n) is 8.33. The summed E-state index contributed by atoms with van der Waals surface area (Å²) in [4.78, 5) is 4.88. The SMILES string of the molecule is C[Si](C)(C)CCOCn1cc(C2CC2)nc1-c1ccc(Br)cc1. The van der Waals surface area contributed by atoms with Gasteiger partial charge in [-0.2, -0.15) is 0 Å². The summed E-state index contributed by atoms with van der Waals surface area (Å²) < 4.78 is 9.20. The highest BCUT2D eigenvalue weighted by Gasteiger charge is 2.27. The number of aromatic nitrogens is 2. The molecule has 1 aliphatic rings. The van der Waals surface area contributed by atoms with Crippen molar-refractivity contribution in [3.05, 3.63) is 40.6 Å². The fourth-order valence-electron chi connectivity index (χ4n) is 2.48. The zero-order chi connectivity index (χ0) is 16.4. The van der Waals surface area contributed by atoms with E-state index in [0.29, 0.717) is 12.6 Å². The van der Waals surface area contributed by atoms with Gasteiger partial charge in [-0.05, 0) is 31.0 Å². The molecule has 0 bridgehead atoms. The number of rotatable bonds is 7. The molecule has 1 aromatic carbocycles. The maximum Gasteiger partial charge on any atom is 0.142 e. The average Bonchev–Trinajstić information content (AvgIpc) is 3.25. The Balaban J connectivity index is 1.74. The molecule has 0 saturated heterocycles. The van der Waals surface area contributed by atoms with Gasteiger partial charge in [0, 0.05) is 36.8 Å². The molecule has 5 heteroatoms. The summed E-state index contributed by atoms with van der Waals surface area (Å²) >= 11 is 3.50. The summed E-state index contributed by atoms with van der Waals surface area (Å²) in [5.41, 5.74) is 2.37. The molecule has 1 saturated carbocycles. The van der Waals surface area contributed by atoms with Crippen molar-refractivity contribution in [3.63, 3.8) is 0 Å². The van der Waals surface area contributed by atoms with Crippen LogP contribution in [0.3, 0.4) is 0 Å². The Bertz CT molecular complexity index is 657. The highest BCUT2D eigenvalue weighted by atomic mass is 79.9. The van der Waals surface area contributed by atoms with Crippen molar-refractivity contribution in [1.29, 1.82) is 0 Å². The lowest BCUT2D eigenvalue weighted by Gasteiger charge is -2.16. The Hall–Kier alpha value is -0.913. The van der Waals surface area contributed by atoms with E-state index in [0.717, 1.165) is 22.5 Å². The van der Waals surface area contributed by atoms with Crippen molar-refractivity contribution < 1.29 is 4.74 Å². The van der Waals surface area contributed by atoms with Gasteiger partial charge in [-0.3, -0.25) is 0 Å². The predicted molar refractivity (Wildman–Crippen MR) is 101 cm³/mol. The Morgan fingerprint density at radius 3 is 2.52 bits per heavy atom. The fourth-order valence-corrected chi connectivity index (χ4v) is 3.50. The number of imidazole rings is 1. The summed E-state index contributed by atoms with van der Waals surface area (Å²) in [5, 5.41) is 0. The molecule has 3 rings (SSSR count). The van der Waals surface area contributed by atoms with E-state index in [4.69, 9.17) is 9.72 Å². The lowest BCUT2D eigenvalue weighted by molar-refractivity contribution is 0.0882. The number of hydrogen-bond donors (Lipinski definition) is 0. The molecule has 0 atom stereocenters. The zero-order valence-corrected chi connectivity index (χ0v) is 16.8. The van der Waals surface area contributed by atoms with Crippen LogP contribution in [0.1, 0.15) is 24.5 Å². The van der Waals surface area contributed by atoms with Gasteiger partial charge in [-0.1, -0.05) is 47.7 Å². The van der Waals surface area contributed by atoms with E-state index in [-0.39, 0.29) is 0 Å². The number of ether oxygens (including phenoxy) is 1. The quantitative estimate of drug-likeness (QED) is 0.459. The van der Waals surface area contributed by atoms with Crippen LogP contribution < -0.4 is 0 Å². The van der Waals surface area contributed by atoms with Gasteiger partial charge < -0.3 is 9.30 Å². The first-order chi connectivity index (χ1) is 10.9. The van der Waals surface area contributed by atoms with Gasteiger partial charge in [-0.25, -0.2) is 4.98 Å². The molecule has 0 amide bonds. The van der Waals surface area contributed by atoms with Crippen LogP contribution in [0.4, 0.5) is 0 Å². The van der Waals surface area contributed by atoms with E-state index in [2.05, 4.69) is 70.6 Å². The van der Waals surface area contributed by atoms with E-state index in [1.54, 1.807) is 0 Å². The maximum absolute atomic E-state index is 5.94. The molecule has 3 nitrogen and oxygen atoms in total. The van der Waals surface area contributed by atoms with Crippen LogP contribution in [-0.2, 0) is 11.5 Å². The van der Waals surface area contributed by atoms with Crippen molar-refractivity contribution >= 4 is 24.0 Å². The van der Waals surface area contributed by atoms with Gasteiger partial charge in [-0.15, -0.1) is 0 Å². The molecule has 0 N–H and O–H groups in total. The third kappa shape index (κ3) is 4.78. The molecular weight excluding hydrogens is 368 g/mol. The minimum atomic E-state index is -1.04. The molecule has 0 radical (unpaired) electrons. The van der Waals surface area contributed by atoms with E-state index in [9.17, 15) is 0 Å². The van der Waals surface area contributed by atoms with Crippen molar-refractivity contribution in [2.45, 2.75) is 51.2 Å². The van der Waals surface area contributed by atoms with Crippen molar-refractivity contribution in [3.8, 4) is 11.4 Å². The van der Waals surface area contributed by atoms with E-state index >= 15 is 0 Å². The van der Waals surface area contributed by atoms with Crippen molar-refractivity contribution in [2.75, 3.05) is 6.61 Å². The second kappa shape index (κ2) is 6.91. The second-order valence-electron chi connectivity index (χ2n) is 7.59. The molecule has 2 aromatic rings. The summed E-state index contributed by atoms with van der Waals surface area (Å²) in [7, 11) is -1.04. The van der Waals surface area contributed by atoms with Crippen molar-refractivity contribution in [2.24, 2.45) is 0 Å². The van der Waals surface area contributed by atoms with Crippen LogP contribution in [0, 0.1) is 0 Å². The van der Waals surface area contributed by atoms with Gasteiger partial charge >= 0.3 is 0 Å². The summed E-state index contributed by atoms with van der Waals surface area (Å²) in [6.07, 6.45) is 4.73. The maximum atomic E-state index is 5.94. The minimum Gasteiger partial charge on any atom is -0.361 e. The largest absolute Gasteiger partial charge is 0.361 e. The lowest BCUT2D eigenvalue weighted by atomic mass is 10.2. The highest BCUT2D eigenvalue weighted by molar-refractivity contribution is 9.10. The molecular formula is C18H25BrN2OSi. The molecule has 0 unspecified atom stereocenters. The van der Waals surface area contributed by atoms with Gasteiger partial charge in [0.15, 0.2) is 0 Å². The number of nitrogens with zero attached hydrogens (tertiary/aromatic N) is 2. The van der Waals surface area contributed by atoms with E-state index in [1.165, 1.54) is 24.6 Å². The van der Waals surface area contributed by atoms with Crippen LogP contribution in [-0.4, -0.2) is 24.2 Å². The van der Waals surface area contributed by atoms with E-state index < -0.39 is 8.07 Å². The van der Waals surface area contributed by atoms with Crippen LogP contribution in [0.2, 0.25) is 25.7 Å². The fraction of sp³-hybridized carbons (Fsp3) is 0.500. The average molecular weight is 393 g/mol. The summed E-state index contributed by atoms with van der Waals surface area (Å²) in [6, 6.07) is 9.56. The standard InChI is InChI=1S/C18H25BrN2OSi/c1-23(2,3)11-10-22-13-21-12-17(14-4-5-14)20-18(21)15-6-8-16(19)9-7-15/h6-9,12,14H,4-5,10-11,13H2,1-3H3. The van der Waals surface area contributed by atoms with Gasteiger partial charge in [0.2, 0.25) is 0 Å². The van der Waals surface area contributed by atoms with Crippen LogP contribution >= 0.6 is 15.9 Å². The van der Waals surface area contributed by atoms with Crippen LogP contribution in [0.25, 0.3) is 11.4 Å².